The first-order chi connectivity index (χ1) is 15.8. The Kier molecular flexibility index (Phi) is 4.16. The number of nitriles is 1. The topological polar surface area (TPSA) is 40.2 Å². The fourth-order valence-corrected chi connectivity index (χ4v) is 4.40. The minimum Gasteiger partial charge on any atom is -0.455 e. The summed E-state index contributed by atoms with van der Waals surface area (Å²) in [6, 6.07) is 39.0. The van der Waals surface area contributed by atoms with Crippen molar-refractivity contribution >= 4 is 49.8 Å². The Hall–Kier alpha value is -4.55. The van der Waals surface area contributed by atoms with Crippen LogP contribution in [-0.2, 0) is 0 Å². The van der Waals surface area contributed by atoms with Crippen molar-refractivity contribution < 1.29 is 4.42 Å². The first kappa shape index (κ1) is 18.2. The van der Waals surface area contributed by atoms with Gasteiger partial charge in [0.2, 0.25) is 0 Å². The van der Waals surface area contributed by atoms with Gasteiger partial charge in [-0.1, -0.05) is 60.7 Å². The minimum absolute atomic E-state index is 0.642. The van der Waals surface area contributed by atoms with Crippen molar-refractivity contribution in [3.63, 3.8) is 0 Å². The molecule has 6 aromatic rings. The van der Waals surface area contributed by atoms with E-state index in [1.165, 1.54) is 0 Å². The molecule has 1 heterocycles. The van der Waals surface area contributed by atoms with Crippen molar-refractivity contribution in [3.8, 4) is 6.07 Å². The zero-order valence-electron chi connectivity index (χ0n) is 17.2. The molecule has 0 aliphatic rings. The molecule has 0 aliphatic heterocycles. The Morgan fingerprint density at radius 1 is 0.594 bits per heavy atom. The summed E-state index contributed by atoms with van der Waals surface area (Å²) in [6.45, 7) is 0. The maximum absolute atomic E-state index is 9.26. The van der Waals surface area contributed by atoms with Crippen LogP contribution in [0.25, 0.3) is 32.7 Å². The van der Waals surface area contributed by atoms with E-state index in [1.807, 2.05) is 66.7 Å². The highest BCUT2D eigenvalue weighted by molar-refractivity contribution is 6.19. The van der Waals surface area contributed by atoms with Gasteiger partial charge in [0.1, 0.15) is 11.2 Å². The molecule has 150 valence electrons. The first-order valence-corrected chi connectivity index (χ1v) is 10.5. The number of hydrogen-bond acceptors (Lipinski definition) is 3. The van der Waals surface area contributed by atoms with Gasteiger partial charge < -0.3 is 9.32 Å². The SMILES string of the molecule is N#Cc1ccc(N(c2ccccc2)c2cc3c4ccccc4oc3c3ccccc23)cc1. The second-order valence-electron chi connectivity index (χ2n) is 7.75. The van der Waals surface area contributed by atoms with Crippen LogP contribution in [0.3, 0.4) is 0 Å². The summed E-state index contributed by atoms with van der Waals surface area (Å²) in [4.78, 5) is 2.24. The van der Waals surface area contributed by atoms with Crippen LogP contribution in [0.2, 0.25) is 0 Å². The molecule has 1 aromatic heterocycles. The Morgan fingerprint density at radius 3 is 1.97 bits per heavy atom. The molecule has 6 rings (SSSR count). The summed E-state index contributed by atoms with van der Waals surface area (Å²) < 4.78 is 6.29. The van der Waals surface area contributed by atoms with Gasteiger partial charge in [-0.15, -0.1) is 0 Å². The van der Waals surface area contributed by atoms with Crippen molar-refractivity contribution in [1.82, 2.24) is 0 Å². The van der Waals surface area contributed by atoms with E-state index in [-0.39, 0.29) is 0 Å². The summed E-state index contributed by atoms with van der Waals surface area (Å²) >= 11 is 0. The van der Waals surface area contributed by atoms with E-state index in [0.717, 1.165) is 49.8 Å². The Labute approximate surface area is 185 Å². The lowest BCUT2D eigenvalue weighted by Crippen LogP contribution is -2.10. The molecule has 0 atom stereocenters. The highest BCUT2D eigenvalue weighted by Crippen LogP contribution is 2.44. The summed E-state index contributed by atoms with van der Waals surface area (Å²) in [6.07, 6.45) is 0. The molecular weight excluding hydrogens is 392 g/mol. The molecule has 0 radical (unpaired) electrons. The first-order valence-electron chi connectivity index (χ1n) is 10.5. The molecule has 5 aromatic carbocycles. The fourth-order valence-electron chi connectivity index (χ4n) is 4.40. The molecule has 0 unspecified atom stereocenters. The third kappa shape index (κ3) is 2.82. The van der Waals surface area contributed by atoms with Gasteiger partial charge in [0.25, 0.3) is 0 Å². The van der Waals surface area contributed by atoms with E-state index in [4.69, 9.17) is 4.42 Å². The average molecular weight is 410 g/mol. The second-order valence-corrected chi connectivity index (χ2v) is 7.75. The van der Waals surface area contributed by atoms with Crippen LogP contribution in [-0.4, -0.2) is 0 Å². The van der Waals surface area contributed by atoms with Crippen LogP contribution in [0.15, 0.2) is 114 Å². The number of benzene rings is 5. The molecule has 0 fully saturated rings. The van der Waals surface area contributed by atoms with E-state index in [1.54, 1.807) is 0 Å². The quantitative estimate of drug-likeness (QED) is 0.296. The Balaban J connectivity index is 1.72. The van der Waals surface area contributed by atoms with Crippen molar-refractivity contribution in [2.45, 2.75) is 0 Å². The van der Waals surface area contributed by atoms with E-state index in [2.05, 4.69) is 53.4 Å². The second kappa shape index (κ2) is 7.30. The van der Waals surface area contributed by atoms with Gasteiger partial charge in [0.15, 0.2) is 0 Å². The van der Waals surface area contributed by atoms with Gasteiger partial charge in [0, 0.05) is 32.9 Å². The van der Waals surface area contributed by atoms with Gasteiger partial charge in [-0.25, -0.2) is 0 Å². The minimum atomic E-state index is 0.642. The van der Waals surface area contributed by atoms with Crippen molar-refractivity contribution in [2.24, 2.45) is 0 Å². The van der Waals surface area contributed by atoms with Crippen molar-refractivity contribution in [3.05, 3.63) is 115 Å². The largest absolute Gasteiger partial charge is 0.455 e. The van der Waals surface area contributed by atoms with Gasteiger partial charge in [0.05, 0.1) is 17.3 Å². The van der Waals surface area contributed by atoms with E-state index in [0.29, 0.717) is 5.56 Å². The molecule has 32 heavy (non-hydrogen) atoms. The Morgan fingerprint density at radius 2 is 1.22 bits per heavy atom. The maximum atomic E-state index is 9.26. The summed E-state index contributed by atoms with van der Waals surface area (Å²) in [5, 5.41) is 13.6. The summed E-state index contributed by atoms with van der Waals surface area (Å²) in [7, 11) is 0. The number of fused-ring (bicyclic) bond motifs is 5. The third-order valence-electron chi connectivity index (χ3n) is 5.87. The number of nitrogens with zero attached hydrogens (tertiary/aromatic N) is 2. The predicted molar refractivity (Wildman–Crippen MR) is 131 cm³/mol. The number of furan rings is 1. The smallest absolute Gasteiger partial charge is 0.143 e. The highest BCUT2D eigenvalue weighted by atomic mass is 16.3. The van der Waals surface area contributed by atoms with Crippen LogP contribution in [0, 0.1) is 11.3 Å². The third-order valence-corrected chi connectivity index (χ3v) is 5.87. The molecular formula is C29H18N2O. The van der Waals surface area contributed by atoms with Gasteiger partial charge in [-0.3, -0.25) is 0 Å². The lowest BCUT2D eigenvalue weighted by atomic mass is 10.0. The molecule has 0 saturated heterocycles. The monoisotopic (exact) mass is 410 g/mol. The normalized spacial score (nSPS) is 11.1. The van der Waals surface area contributed by atoms with Crippen molar-refractivity contribution in [2.75, 3.05) is 4.90 Å². The van der Waals surface area contributed by atoms with Gasteiger partial charge >= 0.3 is 0 Å². The molecule has 3 heteroatoms. The van der Waals surface area contributed by atoms with Gasteiger partial charge in [-0.05, 0) is 48.5 Å². The van der Waals surface area contributed by atoms with Crippen LogP contribution < -0.4 is 4.90 Å². The summed E-state index contributed by atoms with van der Waals surface area (Å²) in [5.41, 5.74) is 5.54. The molecule has 0 spiro atoms. The standard InChI is InChI=1S/C29H18N2O/c30-19-20-14-16-22(17-15-20)31(21-8-2-1-3-9-21)27-18-26-24-11-6-7-13-28(24)32-29(26)25-12-5-4-10-23(25)27/h1-18H. The van der Waals surface area contributed by atoms with Crippen LogP contribution in [0.4, 0.5) is 17.1 Å². The van der Waals surface area contributed by atoms with E-state index >= 15 is 0 Å². The van der Waals surface area contributed by atoms with Crippen LogP contribution >= 0.6 is 0 Å². The van der Waals surface area contributed by atoms with E-state index in [9.17, 15) is 5.26 Å². The zero-order valence-corrected chi connectivity index (χ0v) is 17.2. The lowest BCUT2D eigenvalue weighted by molar-refractivity contribution is 0.672. The molecule has 3 nitrogen and oxygen atoms in total. The molecule has 0 aliphatic carbocycles. The Bertz CT molecular complexity index is 1620. The molecule has 0 N–H and O–H groups in total. The number of hydrogen-bond donors (Lipinski definition) is 0. The average Bonchev–Trinajstić information content (AvgIpc) is 3.24. The molecule has 0 amide bonds. The zero-order chi connectivity index (χ0) is 21.5. The lowest BCUT2D eigenvalue weighted by Gasteiger charge is -2.27. The maximum Gasteiger partial charge on any atom is 0.143 e. The molecule has 0 bridgehead atoms. The van der Waals surface area contributed by atoms with E-state index < -0.39 is 0 Å². The van der Waals surface area contributed by atoms with Crippen LogP contribution in [0.5, 0.6) is 0 Å². The number of anilines is 3. The van der Waals surface area contributed by atoms with Crippen LogP contribution in [0.1, 0.15) is 5.56 Å². The predicted octanol–water partition coefficient (Wildman–Crippen LogP) is 8.08. The van der Waals surface area contributed by atoms with Gasteiger partial charge in [-0.2, -0.15) is 5.26 Å². The fraction of sp³-hybridized carbons (Fsp3) is 0. The number of rotatable bonds is 3. The highest BCUT2D eigenvalue weighted by Gasteiger charge is 2.19. The van der Waals surface area contributed by atoms with Crippen molar-refractivity contribution in [1.29, 1.82) is 5.26 Å². The summed E-state index contributed by atoms with van der Waals surface area (Å²) in [5.74, 6) is 0. The number of para-hydroxylation sites is 2. The molecule has 0 saturated carbocycles.